The van der Waals surface area contributed by atoms with Crippen molar-refractivity contribution in [3.63, 3.8) is 0 Å². The SMILES string of the molecule is Cc1ccc(C2CC(C)N(c3ccnc(C4CCCC4)n3)C2)cc1. The second kappa shape index (κ2) is 6.54. The van der Waals surface area contributed by atoms with Gasteiger partial charge in [0.2, 0.25) is 0 Å². The Balaban J connectivity index is 1.54. The smallest absolute Gasteiger partial charge is 0.133 e. The second-order valence-corrected chi connectivity index (χ2v) is 7.60. The van der Waals surface area contributed by atoms with Gasteiger partial charge in [0, 0.05) is 30.6 Å². The molecule has 3 nitrogen and oxygen atoms in total. The summed E-state index contributed by atoms with van der Waals surface area (Å²) in [6.45, 7) is 5.54. The van der Waals surface area contributed by atoms with Gasteiger partial charge in [0.15, 0.2) is 0 Å². The van der Waals surface area contributed by atoms with E-state index in [0.29, 0.717) is 17.9 Å². The van der Waals surface area contributed by atoms with Crippen LogP contribution in [0.4, 0.5) is 5.82 Å². The van der Waals surface area contributed by atoms with Crippen LogP contribution in [0, 0.1) is 6.92 Å². The number of nitrogens with zero attached hydrogens (tertiary/aromatic N) is 3. The van der Waals surface area contributed by atoms with Crippen molar-refractivity contribution in [1.82, 2.24) is 9.97 Å². The number of aryl methyl sites for hydroxylation is 1. The van der Waals surface area contributed by atoms with E-state index in [4.69, 9.17) is 4.98 Å². The molecule has 0 spiro atoms. The van der Waals surface area contributed by atoms with E-state index in [1.165, 1.54) is 43.2 Å². The molecule has 2 fully saturated rings. The number of hydrogen-bond donors (Lipinski definition) is 0. The van der Waals surface area contributed by atoms with Gasteiger partial charge in [-0.25, -0.2) is 9.97 Å². The van der Waals surface area contributed by atoms with Gasteiger partial charge in [0.1, 0.15) is 11.6 Å². The van der Waals surface area contributed by atoms with Crippen molar-refractivity contribution in [3.05, 3.63) is 53.5 Å². The third kappa shape index (κ3) is 3.04. The molecule has 1 aromatic heterocycles. The number of hydrogen-bond acceptors (Lipinski definition) is 3. The minimum absolute atomic E-state index is 0.530. The summed E-state index contributed by atoms with van der Waals surface area (Å²) >= 11 is 0. The molecule has 0 amide bonds. The average molecular weight is 321 g/mol. The van der Waals surface area contributed by atoms with Crippen LogP contribution in [-0.2, 0) is 0 Å². The summed E-state index contributed by atoms with van der Waals surface area (Å²) in [7, 11) is 0. The first kappa shape index (κ1) is 15.6. The zero-order valence-corrected chi connectivity index (χ0v) is 14.8. The summed E-state index contributed by atoms with van der Waals surface area (Å²) in [6, 6.07) is 11.7. The number of aromatic nitrogens is 2. The van der Waals surface area contributed by atoms with Gasteiger partial charge in [0.25, 0.3) is 0 Å². The third-order valence-corrected chi connectivity index (χ3v) is 5.80. The van der Waals surface area contributed by atoms with Gasteiger partial charge in [-0.3, -0.25) is 0 Å². The van der Waals surface area contributed by atoms with Gasteiger partial charge in [0.05, 0.1) is 0 Å². The molecular formula is C21H27N3. The van der Waals surface area contributed by atoms with Crippen molar-refractivity contribution in [2.24, 2.45) is 0 Å². The summed E-state index contributed by atoms with van der Waals surface area (Å²) in [6.07, 6.45) is 8.32. The Hall–Kier alpha value is -1.90. The Bertz CT molecular complexity index is 688. The monoisotopic (exact) mass is 321 g/mol. The Kier molecular flexibility index (Phi) is 4.26. The lowest BCUT2D eigenvalue weighted by Gasteiger charge is -2.23. The van der Waals surface area contributed by atoms with Gasteiger partial charge in [-0.05, 0) is 44.7 Å². The summed E-state index contributed by atoms with van der Waals surface area (Å²) in [5.41, 5.74) is 2.79. The summed E-state index contributed by atoms with van der Waals surface area (Å²) in [4.78, 5) is 12.0. The molecule has 2 unspecified atom stereocenters. The lowest BCUT2D eigenvalue weighted by molar-refractivity contribution is 0.657. The van der Waals surface area contributed by atoms with Crippen molar-refractivity contribution >= 4 is 5.82 Å². The van der Waals surface area contributed by atoms with Gasteiger partial charge in [-0.2, -0.15) is 0 Å². The lowest BCUT2D eigenvalue weighted by atomic mass is 9.96. The fraction of sp³-hybridized carbons (Fsp3) is 0.524. The van der Waals surface area contributed by atoms with Crippen LogP contribution in [-0.4, -0.2) is 22.6 Å². The minimum atomic E-state index is 0.530. The van der Waals surface area contributed by atoms with E-state index >= 15 is 0 Å². The quantitative estimate of drug-likeness (QED) is 0.811. The Morgan fingerprint density at radius 1 is 1.00 bits per heavy atom. The second-order valence-electron chi connectivity index (χ2n) is 7.60. The largest absolute Gasteiger partial charge is 0.353 e. The highest BCUT2D eigenvalue weighted by atomic mass is 15.2. The van der Waals surface area contributed by atoms with E-state index in [2.05, 4.69) is 54.1 Å². The number of anilines is 1. The molecule has 1 aliphatic heterocycles. The van der Waals surface area contributed by atoms with Crippen molar-refractivity contribution in [3.8, 4) is 0 Å². The molecule has 126 valence electrons. The van der Waals surface area contributed by atoms with Crippen LogP contribution in [0.25, 0.3) is 0 Å². The molecule has 1 aromatic carbocycles. The van der Waals surface area contributed by atoms with E-state index < -0.39 is 0 Å². The fourth-order valence-electron chi connectivity index (χ4n) is 4.33. The zero-order valence-electron chi connectivity index (χ0n) is 14.8. The number of benzene rings is 1. The van der Waals surface area contributed by atoms with E-state index in [1.54, 1.807) is 0 Å². The van der Waals surface area contributed by atoms with Crippen molar-refractivity contribution in [2.45, 2.75) is 63.8 Å². The normalized spacial score (nSPS) is 24.7. The molecule has 3 heteroatoms. The highest BCUT2D eigenvalue weighted by molar-refractivity contribution is 5.43. The zero-order chi connectivity index (χ0) is 16.5. The molecule has 2 atom stereocenters. The van der Waals surface area contributed by atoms with Gasteiger partial charge in [-0.1, -0.05) is 42.7 Å². The van der Waals surface area contributed by atoms with E-state index in [-0.39, 0.29) is 0 Å². The predicted molar refractivity (Wildman–Crippen MR) is 98.6 cm³/mol. The maximum Gasteiger partial charge on any atom is 0.133 e. The molecule has 4 rings (SSSR count). The van der Waals surface area contributed by atoms with Crippen LogP contribution in [0.5, 0.6) is 0 Å². The van der Waals surface area contributed by atoms with Crippen LogP contribution in [0.15, 0.2) is 36.5 Å². The standard InChI is InChI=1S/C21H27N3/c1-15-7-9-17(10-8-15)19-13-16(2)24(14-19)20-11-12-22-21(23-20)18-5-3-4-6-18/h7-12,16,18-19H,3-6,13-14H2,1-2H3. The van der Waals surface area contributed by atoms with Crippen LogP contribution in [0.3, 0.4) is 0 Å². The Morgan fingerprint density at radius 2 is 1.75 bits per heavy atom. The molecule has 2 aromatic rings. The third-order valence-electron chi connectivity index (χ3n) is 5.80. The maximum atomic E-state index is 4.94. The minimum Gasteiger partial charge on any atom is -0.353 e. The Labute approximate surface area is 145 Å². The molecule has 0 N–H and O–H groups in total. The Morgan fingerprint density at radius 3 is 2.50 bits per heavy atom. The molecule has 2 aliphatic rings. The molecule has 1 saturated heterocycles. The molecule has 2 heterocycles. The molecule has 1 aliphatic carbocycles. The molecule has 1 saturated carbocycles. The van der Waals surface area contributed by atoms with Gasteiger partial charge < -0.3 is 4.90 Å². The van der Waals surface area contributed by atoms with Gasteiger partial charge in [-0.15, -0.1) is 0 Å². The fourth-order valence-corrected chi connectivity index (χ4v) is 4.33. The van der Waals surface area contributed by atoms with Crippen LogP contribution < -0.4 is 4.90 Å². The molecule has 0 bridgehead atoms. The average Bonchev–Trinajstić information content (AvgIpc) is 3.25. The predicted octanol–water partition coefficient (Wildman–Crippen LogP) is 4.83. The maximum absolute atomic E-state index is 4.94. The molecule has 0 radical (unpaired) electrons. The van der Waals surface area contributed by atoms with Crippen molar-refractivity contribution in [2.75, 3.05) is 11.4 Å². The van der Waals surface area contributed by atoms with Gasteiger partial charge >= 0.3 is 0 Å². The number of rotatable bonds is 3. The van der Waals surface area contributed by atoms with Crippen LogP contribution >= 0.6 is 0 Å². The van der Waals surface area contributed by atoms with Crippen molar-refractivity contribution < 1.29 is 0 Å². The lowest BCUT2D eigenvalue weighted by Crippen LogP contribution is -2.28. The summed E-state index contributed by atoms with van der Waals surface area (Å²) in [5.74, 6) is 3.37. The van der Waals surface area contributed by atoms with E-state index in [9.17, 15) is 0 Å². The van der Waals surface area contributed by atoms with E-state index in [0.717, 1.165) is 18.2 Å². The highest BCUT2D eigenvalue weighted by Gasteiger charge is 2.31. The van der Waals surface area contributed by atoms with Crippen LogP contribution in [0.1, 0.15) is 67.8 Å². The summed E-state index contributed by atoms with van der Waals surface area (Å²) in [5, 5.41) is 0. The topological polar surface area (TPSA) is 29.0 Å². The first-order valence-corrected chi connectivity index (χ1v) is 9.37. The molecule has 24 heavy (non-hydrogen) atoms. The highest BCUT2D eigenvalue weighted by Crippen LogP contribution is 2.36. The molecular weight excluding hydrogens is 294 g/mol. The first-order valence-electron chi connectivity index (χ1n) is 9.37. The van der Waals surface area contributed by atoms with Crippen molar-refractivity contribution in [1.29, 1.82) is 0 Å². The first-order chi connectivity index (χ1) is 11.7. The van der Waals surface area contributed by atoms with E-state index in [1.807, 2.05) is 6.20 Å². The summed E-state index contributed by atoms with van der Waals surface area (Å²) < 4.78 is 0. The van der Waals surface area contributed by atoms with Crippen LogP contribution in [0.2, 0.25) is 0 Å².